The van der Waals surface area contributed by atoms with Crippen LogP contribution < -0.4 is 5.32 Å². The molecule has 72 valence electrons. The number of carbonyl (C=O) groups is 1. The maximum absolute atomic E-state index is 10.7. The van der Waals surface area contributed by atoms with E-state index in [4.69, 9.17) is 5.11 Å². The van der Waals surface area contributed by atoms with Crippen LogP contribution in [0.1, 0.15) is 5.69 Å². The highest BCUT2D eigenvalue weighted by molar-refractivity contribution is 7.13. The molecule has 0 aliphatic rings. The number of methoxy groups -OCH3 is 1. The van der Waals surface area contributed by atoms with Crippen LogP contribution in [0.4, 0.5) is 9.93 Å². The Balaban J connectivity index is 2.53. The SMILES string of the molecule is COC(=O)Nc1nc(CCO)cs1. The van der Waals surface area contributed by atoms with Crippen LogP contribution in [-0.2, 0) is 11.2 Å². The monoisotopic (exact) mass is 202 g/mol. The Morgan fingerprint density at radius 1 is 1.85 bits per heavy atom. The Kier molecular flexibility index (Phi) is 3.66. The predicted molar refractivity (Wildman–Crippen MR) is 48.9 cm³/mol. The maximum Gasteiger partial charge on any atom is 0.413 e. The minimum absolute atomic E-state index is 0.0569. The predicted octanol–water partition coefficient (Wildman–Crippen LogP) is 0.856. The second kappa shape index (κ2) is 4.78. The first-order valence-electron chi connectivity index (χ1n) is 3.66. The molecule has 0 aliphatic carbocycles. The topological polar surface area (TPSA) is 71.5 Å². The number of carbonyl (C=O) groups excluding carboxylic acids is 1. The largest absolute Gasteiger partial charge is 0.453 e. The minimum Gasteiger partial charge on any atom is -0.453 e. The van der Waals surface area contributed by atoms with E-state index in [1.807, 2.05) is 0 Å². The summed E-state index contributed by atoms with van der Waals surface area (Å²) in [5.74, 6) is 0. The summed E-state index contributed by atoms with van der Waals surface area (Å²) in [6.07, 6.45) is -0.0378. The van der Waals surface area contributed by atoms with Crippen LogP contribution in [0.25, 0.3) is 0 Å². The Bertz CT molecular complexity index is 287. The van der Waals surface area contributed by atoms with Crippen LogP contribution in [0.2, 0.25) is 0 Å². The lowest BCUT2D eigenvalue weighted by Gasteiger charge is -1.97. The lowest BCUT2D eigenvalue weighted by atomic mass is 10.4. The number of aromatic nitrogens is 1. The Labute approximate surface area is 79.4 Å². The number of nitrogens with one attached hydrogen (secondary N) is 1. The van der Waals surface area contributed by atoms with Crippen molar-refractivity contribution in [1.82, 2.24) is 4.98 Å². The van der Waals surface area contributed by atoms with Crippen LogP contribution >= 0.6 is 11.3 Å². The molecule has 1 rings (SSSR count). The number of hydrogen-bond donors (Lipinski definition) is 2. The van der Waals surface area contributed by atoms with Gasteiger partial charge in [-0.2, -0.15) is 0 Å². The van der Waals surface area contributed by atoms with E-state index < -0.39 is 6.09 Å². The molecule has 0 aromatic carbocycles. The number of thiazole rings is 1. The number of aliphatic hydroxyl groups excluding tert-OH is 1. The van der Waals surface area contributed by atoms with Gasteiger partial charge in [0.05, 0.1) is 12.8 Å². The zero-order valence-corrected chi connectivity index (χ0v) is 7.93. The van der Waals surface area contributed by atoms with Crippen molar-refractivity contribution in [3.63, 3.8) is 0 Å². The average Bonchev–Trinajstić information content (AvgIpc) is 2.53. The molecule has 0 radical (unpaired) electrons. The molecule has 0 saturated heterocycles. The van der Waals surface area contributed by atoms with E-state index in [2.05, 4.69) is 15.0 Å². The van der Waals surface area contributed by atoms with Crippen molar-refractivity contribution in [3.8, 4) is 0 Å². The van der Waals surface area contributed by atoms with E-state index in [1.54, 1.807) is 5.38 Å². The number of amides is 1. The molecule has 6 heteroatoms. The summed E-state index contributed by atoms with van der Waals surface area (Å²) in [6, 6.07) is 0. The van der Waals surface area contributed by atoms with Gasteiger partial charge in [-0.1, -0.05) is 0 Å². The number of hydrogen-bond acceptors (Lipinski definition) is 5. The zero-order chi connectivity index (χ0) is 9.68. The van der Waals surface area contributed by atoms with Crippen molar-refractivity contribution in [2.24, 2.45) is 0 Å². The molecule has 0 unspecified atom stereocenters. The smallest absolute Gasteiger partial charge is 0.413 e. The Hall–Kier alpha value is -1.14. The highest BCUT2D eigenvalue weighted by Gasteiger charge is 2.04. The van der Waals surface area contributed by atoms with Gasteiger partial charge in [0, 0.05) is 18.4 Å². The molecule has 13 heavy (non-hydrogen) atoms. The molecule has 0 saturated carbocycles. The van der Waals surface area contributed by atoms with Crippen LogP contribution in [0.15, 0.2) is 5.38 Å². The van der Waals surface area contributed by atoms with Crippen molar-refractivity contribution in [2.45, 2.75) is 6.42 Å². The Morgan fingerprint density at radius 3 is 3.23 bits per heavy atom. The van der Waals surface area contributed by atoms with Crippen LogP contribution in [0, 0.1) is 0 Å². The molecule has 1 aromatic rings. The number of aliphatic hydroxyl groups is 1. The van der Waals surface area contributed by atoms with Crippen LogP contribution in [0.3, 0.4) is 0 Å². The van der Waals surface area contributed by atoms with Crippen LogP contribution in [-0.4, -0.2) is 29.9 Å². The quantitative estimate of drug-likeness (QED) is 0.762. The third-order valence-corrected chi connectivity index (χ3v) is 2.12. The number of ether oxygens (including phenoxy) is 1. The zero-order valence-electron chi connectivity index (χ0n) is 7.11. The summed E-state index contributed by atoms with van der Waals surface area (Å²) in [5.41, 5.74) is 0.763. The molecule has 2 N–H and O–H groups in total. The summed E-state index contributed by atoms with van der Waals surface area (Å²) >= 11 is 1.30. The van der Waals surface area contributed by atoms with Gasteiger partial charge in [0.1, 0.15) is 0 Å². The van der Waals surface area contributed by atoms with E-state index in [0.29, 0.717) is 11.6 Å². The average molecular weight is 202 g/mol. The maximum atomic E-state index is 10.7. The fraction of sp³-hybridized carbons (Fsp3) is 0.429. The molecule has 1 heterocycles. The second-order valence-corrected chi connectivity index (χ2v) is 3.09. The van der Waals surface area contributed by atoms with E-state index in [9.17, 15) is 4.79 Å². The molecule has 1 aromatic heterocycles. The highest BCUT2D eigenvalue weighted by Crippen LogP contribution is 2.15. The molecule has 5 nitrogen and oxygen atoms in total. The van der Waals surface area contributed by atoms with Crippen LogP contribution in [0.5, 0.6) is 0 Å². The van der Waals surface area contributed by atoms with E-state index in [-0.39, 0.29) is 6.61 Å². The van der Waals surface area contributed by atoms with Gasteiger partial charge in [0.25, 0.3) is 0 Å². The molecule has 0 aliphatic heterocycles. The van der Waals surface area contributed by atoms with E-state index >= 15 is 0 Å². The molecule has 0 bridgehead atoms. The fourth-order valence-electron chi connectivity index (χ4n) is 0.732. The lowest BCUT2D eigenvalue weighted by molar-refractivity contribution is 0.187. The standard InChI is InChI=1S/C7H10N2O3S/c1-12-7(11)9-6-8-5(2-3-10)4-13-6/h4,10H,2-3H2,1H3,(H,8,9,11). The normalized spacial score (nSPS) is 9.69. The third kappa shape index (κ3) is 3.00. The molecule has 0 fully saturated rings. The Morgan fingerprint density at radius 2 is 2.62 bits per heavy atom. The molecule has 0 atom stereocenters. The fourth-order valence-corrected chi connectivity index (χ4v) is 1.46. The van der Waals surface area contributed by atoms with E-state index in [0.717, 1.165) is 5.69 Å². The van der Waals surface area contributed by atoms with Gasteiger partial charge in [0.2, 0.25) is 0 Å². The third-order valence-electron chi connectivity index (χ3n) is 1.31. The highest BCUT2D eigenvalue weighted by atomic mass is 32.1. The van der Waals surface area contributed by atoms with Gasteiger partial charge >= 0.3 is 6.09 Å². The number of nitrogens with zero attached hydrogens (tertiary/aromatic N) is 1. The van der Waals surface area contributed by atoms with Gasteiger partial charge < -0.3 is 9.84 Å². The molecular weight excluding hydrogens is 192 g/mol. The van der Waals surface area contributed by atoms with Gasteiger partial charge in [-0.3, -0.25) is 5.32 Å². The first kappa shape index (κ1) is 9.94. The van der Waals surface area contributed by atoms with E-state index in [1.165, 1.54) is 18.4 Å². The molecule has 0 spiro atoms. The van der Waals surface area contributed by atoms with Crippen molar-refractivity contribution in [3.05, 3.63) is 11.1 Å². The first-order chi connectivity index (χ1) is 6.26. The van der Waals surface area contributed by atoms with Gasteiger partial charge in [0.15, 0.2) is 5.13 Å². The summed E-state index contributed by atoms with van der Waals surface area (Å²) in [7, 11) is 1.29. The number of anilines is 1. The first-order valence-corrected chi connectivity index (χ1v) is 4.54. The van der Waals surface area contributed by atoms with Gasteiger partial charge in [-0.15, -0.1) is 11.3 Å². The second-order valence-electron chi connectivity index (χ2n) is 2.23. The molecular formula is C7H10N2O3S. The van der Waals surface area contributed by atoms with Crippen molar-refractivity contribution >= 4 is 22.6 Å². The van der Waals surface area contributed by atoms with Gasteiger partial charge in [-0.25, -0.2) is 9.78 Å². The lowest BCUT2D eigenvalue weighted by Crippen LogP contribution is -2.10. The summed E-state index contributed by atoms with van der Waals surface area (Å²) in [6.45, 7) is 0.0569. The van der Waals surface area contributed by atoms with Crippen molar-refractivity contribution < 1.29 is 14.6 Å². The van der Waals surface area contributed by atoms with Crippen molar-refractivity contribution in [2.75, 3.05) is 19.0 Å². The summed E-state index contributed by atoms with van der Waals surface area (Å²) < 4.78 is 4.39. The van der Waals surface area contributed by atoms with Crippen molar-refractivity contribution in [1.29, 1.82) is 0 Å². The molecule has 1 amide bonds. The number of rotatable bonds is 3. The summed E-state index contributed by atoms with van der Waals surface area (Å²) in [5, 5.41) is 13.3. The minimum atomic E-state index is -0.537. The summed E-state index contributed by atoms with van der Waals surface area (Å²) in [4.78, 5) is 14.8. The van der Waals surface area contributed by atoms with Gasteiger partial charge in [-0.05, 0) is 0 Å².